The molecular weight excluding hydrogens is 510 g/mol. The Morgan fingerprint density at radius 1 is 1.16 bits per heavy atom. The van der Waals surface area contributed by atoms with Gasteiger partial charge in [0.05, 0.1) is 11.6 Å². The number of primary amides is 1. The highest BCUT2D eigenvalue weighted by Gasteiger charge is 2.63. The summed E-state index contributed by atoms with van der Waals surface area (Å²) in [5, 5.41) is 47.2. The predicted molar refractivity (Wildman–Crippen MR) is 141 cm³/mol. The number of allylic oxidation sites excluding steroid dienone is 1. The lowest BCUT2D eigenvalue weighted by Gasteiger charge is -2.50. The lowest BCUT2D eigenvalue weighted by molar-refractivity contribution is -0.148. The van der Waals surface area contributed by atoms with Crippen LogP contribution in [-0.2, 0) is 16.0 Å². The van der Waals surface area contributed by atoms with Gasteiger partial charge in [-0.1, -0.05) is 6.07 Å². The van der Waals surface area contributed by atoms with Crippen molar-refractivity contribution in [2.24, 2.45) is 17.6 Å². The minimum atomic E-state index is -2.66. The van der Waals surface area contributed by atoms with Crippen molar-refractivity contribution >= 4 is 34.5 Å². The first-order chi connectivity index (χ1) is 17.8. The summed E-state index contributed by atoms with van der Waals surface area (Å²) in [6.45, 7) is 0. The molecule has 10 nitrogen and oxygen atoms in total. The summed E-state index contributed by atoms with van der Waals surface area (Å²) in [7, 11) is 6.85. The van der Waals surface area contributed by atoms with Crippen molar-refractivity contribution in [3.63, 3.8) is 0 Å². The monoisotopic (exact) mass is 539 g/mol. The number of hydrogen-bond donors (Lipinski definition) is 5. The summed E-state index contributed by atoms with van der Waals surface area (Å²) in [4.78, 5) is 43.7. The number of rotatable bonds is 4. The van der Waals surface area contributed by atoms with Gasteiger partial charge in [-0.25, -0.2) is 0 Å². The van der Waals surface area contributed by atoms with E-state index in [1.807, 2.05) is 42.6 Å². The van der Waals surface area contributed by atoms with Gasteiger partial charge in [-0.05, 0) is 55.9 Å². The third-order valence-corrected chi connectivity index (χ3v) is 8.87. The molecule has 200 valence electrons. The van der Waals surface area contributed by atoms with E-state index in [9.17, 15) is 34.8 Å². The third-order valence-electron chi connectivity index (χ3n) is 7.97. The van der Waals surface area contributed by atoms with E-state index >= 15 is 0 Å². The van der Waals surface area contributed by atoms with Gasteiger partial charge in [-0.15, -0.1) is 11.3 Å². The number of carbonyl (C=O) groups is 3. The molecule has 1 aromatic carbocycles. The number of carbonyl (C=O) groups excluding carboxylic acids is 3. The molecular formula is C27H29N3O7S. The first kappa shape index (κ1) is 26.0. The maximum atomic E-state index is 14.0. The highest BCUT2D eigenvalue weighted by atomic mass is 32.1. The van der Waals surface area contributed by atoms with Crippen LogP contribution in [-0.4, -0.2) is 82.6 Å². The number of ketones is 2. The summed E-state index contributed by atoms with van der Waals surface area (Å²) >= 11 is 1.39. The van der Waals surface area contributed by atoms with Crippen LogP contribution in [0.1, 0.15) is 22.3 Å². The normalized spacial score (nSPS) is 26.8. The van der Waals surface area contributed by atoms with Gasteiger partial charge in [0.25, 0.3) is 5.91 Å². The van der Waals surface area contributed by atoms with Crippen molar-refractivity contribution in [1.29, 1.82) is 0 Å². The van der Waals surface area contributed by atoms with Gasteiger partial charge < -0.3 is 31.1 Å². The summed E-state index contributed by atoms with van der Waals surface area (Å²) in [6.07, 6.45) is 0.284. The fraction of sp³-hybridized carbons (Fsp3) is 0.370. The molecule has 0 spiro atoms. The quantitative estimate of drug-likeness (QED) is 0.365. The number of thiophene rings is 1. The second kappa shape index (κ2) is 8.69. The molecule has 0 aliphatic heterocycles. The molecule has 6 N–H and O–H groups in total. The molecule has 0 saturated heterocycles. The Balaban J connectivity index is 1.76. The van der Waals surface area contributed by atoms with E-state index in [1.165, 1.54) is 16.2 Å². The SMILES string of the molecule is CN(C)c1cc(-c2cccs2)c(O)c2c1C[C@H]1C[C@@H]3[C@H](N(C)C)C(O)=C(C(N)=O)C(=O)[C@@]3(O)C(O)=C1C2=O. The minimum Gasteiger partial charge on any atom is -0.510 e. The second-order valence-corrected chi connectivity index (χ2v) is 11.4. The van der Waals surface area contributed by atoms with Crippen LogP contribution in [0.3, 0.4) is 0 Å². The van der Waals surface area contributed by atoms with Crippen LogP contribution in [0.15, 0.2) is 46.2 Å². The summed E-state index contributed by atoms with van der Waals surface area (Å²) in [6, 6.07) is 4.44. The zero-order valence-corrected chi connectivity index (χ0v) is 22.2. The van der Waals surface area contributed by atoms with Gasteiger partial charge in [-0.3, -0.25) is 19.3 Å². The lowest BCUT2D eigenvalue weighted by atomic mass is 9.58. The zero-order chi connectivity index (χ0) is 27.8. The van der Waals surface area contributed by atoms with Crippen molar-refractivity contribution in [3.8, 4) is 16.2 Å². The fourth-order valence-electron chi connectivity index (χ4n) is 6.32. The molecule has 11 heteroatoms. The maximum absolute atomic E-state index is 14.0. The van der Waals surface area contributed by atoms with E-state index in [2.05, 4.69) is 0 Å². The Morgan fingerprint density at radius 3 is 2.39 bits per heavy atom. The Morgan fingerprint density at radius 2 is 1.84 bits per heavy atom. The standard InChI is InChI=1S/C27H29N3O7S/c1-29(2)15-10-13(16-6-5-7-38-16)21(31)18-12(15)8-11-9-14-20(30(3)4)23(33)19(26(28)36)25(35)27(14,37)24(34)17(11)22(18)32/h5-7,10-11,14,20,31,33-34,37H,8-9H2,1-4H3,(H2,28,36)/t11-,14+,20-,27-/m0/s1. The number of aliphatic hydroxyl groups excluding tert-OH is 2. The van der Waals surface area contributed by atoms with Gasteiger partial charge in [0.15, 0.2) is 11.4 Å². The number of benzene rings is 1. The van der Waals surface area contributed by atoms with Gasteiger partial charge >= 0.3 is 0 Å². The Bertz CT molecular complexity index is 1460. The van der Waals surface area contributed by atoms with Gasteiger partial charge in [0, 0.05) is 41.7 Å². The highest BCUT2D eigenvalue weighted by molar-refractivity contribution is 7.13. The molecule has 0 saturated carbocycles. The van der Waals surface area contributed by atoms with Crippen LogP contribution >= 0.6 is 11.3 Å². The number of amides is 1. The van der Waals surface area contributed by atoms with Gasteiger partial charge in [-0.2, -0.15) is 0 Å². The van der Waals surface area contributed by atoms with E-state index in [-0.39, 0.29) is 29.7 Å². The Kier molecular flexibility index (Phi) is 5.93. The number of nitrogens with two attached hydrogens (primary N) is 1. The fourth-order valence-corrected chi connectivity index (χ4v) is 7.06. The highest BCUT2D eigenvalue weighted by Crippen LogP contribution is 2.54. The zero-order valence-electron chi connectivity index (χ0n) is 21.3. The molecule has 1 heterocycles. The number of phenols is 1. The molecule has 3 aliphatic carbocycles. The van der Waals surface area contributed by atoms with E-state index < -0.39 is 58.0 Å². The van der Waals surface area contributed by atoms with Crippen molar-refractivity contribution in [3.05, 3.63) is 57.4 Å². The van der Waals surface area contributed by atoms with Crippen LogP contribution in [0.5, 0.6) is 5.75 Å². The number of hydrogen-bond acceptors (Lipinski definition) is 10. The molecule has 2 aromatic rings. The average molecular weight is 540 g/mol. The molecule has 38 heavy (non-hydrogen) atoms. The number of aromatic hydroxyl groups is 1. The van der Waals surface area contributed by atoms with Crippen LogP contribution in [0.2, 0.25) is 0 Å². The lowest BCUT2D eigenvalue weighted by Crippen LogP contribution is -2.63. The third kappa shape index (κ3) is 3.35. The molecule has 0 fully saturated rings. The average Bonchev–Trinajstić information content (AvgIpc) is 3.35. The number of phenolic OH excluding ortho intramolecular Hbond substituents is 1. The first-order valence-corrected chi connectivity index (χ1v) is 12.9. The van der Waals surface area contributed by atoms with Crippen molar-refractivity contribution < 1.29 is 34.8 Å². The van der Waals surface area contributed by atoms with Crippen molar-refractivity contribution in [2.75, 3.05) is 33.1 Å². The number of likely N-dealkylation sites (N-methyl/N-ethyl adjacent to an activating group) is 1. The van der Waals surface area contributed by atoms with Crippen molar-refractivity contribution in [1.82, 2.24) is 4.90 Å². The van der Waals surface area contributed by atoms with Crippen LogP contribution in [0.4, 0.5) is 5.69 Å². The summed E-state index contributed by atoms with van der Waals surface area (Å²) < 4.78 is 0. The molecule has 0 unspecified atom stereocenters. The number of Topliss-reactive ketones (excluding diaryl/α,β-unsaturated/α-hetero) is 2. The smallest absolute Gasteiger partial charge is 0.255 e. The number of fused-ring (bicyclic) bond motifs is 3. The van der Waals surface area contributed by atoms with Crippen LogP contribution < -0.4 is 10.6 Å². The first-order valence-electron chi connectivity index (χ1n) is 12.1. The largest absolute Gasteiger partial charge is 0.510 e. The van der Waals surface area contributed by atoms with E-state index in [0.29, 0.717) is 11.1 Å². The molecule has 5 rings (SSSR count). The number of anilines is 1. The van der Waals surface area contributed by atoms with E-state index in [0.717, 1.165) is 10.6 Å². The second-order valence-electron chi connectivity index (χ2n) is 10.5. The molecule has 4 atom stereocenters. The summed E-state index contributed by atoms with van der Waals surface area (Å²) in [5.41, 5.74) is 3.49. The van der Waals surface area contributed by atoms with Gasteiger partial charge in [0.1, 0.15) is 22.8 Å². The maximum Gasteiger partial charge on any atom is 0.255 e. The van der Waals surface area contributed by atoms with Crippen LogP contribution in [0, 0.1) is 11.8 Å². The summed E-state index contributed by atoms with van der Waals surface area (Å²) in [5.74, 6) is -6.59. The van der Waals surface area contributed by atoms with E-state index in [4.69, 9.17) is 5.73 Å². The van der Waals surface area contributed by atoms with E-state index in [1.54, 1.807) is 14.1 Å². The Hall–Kier alpha value is -3.67. The number of aliphatic hydroxyl groups is 3. The van der Waals surface area contributed by atoms with Crippen molar-refractivity contribution in [2.45, 2.75) is 24.5 Å². The molecule has 0 radical (unpaired) electrons. The molecule has 1 aromatic heterocycles. The predicted octanol–water partition coefficient (Wildman–Crippen LogP) is 1.92. The minimum absolute atomic E-state index is 0.000354. The van der Waals surface area contributed by atoms with Gasteiger partial charge in [0.2, 0.25) is 5.78 Å². The number of nitrogens with zero attached hydrogens (tertiary/aromatic N) is 2. The molecule has 1 amide bonds. The topological polar surface area (TPSA) is 165 Å². The molecule has 0 bridgehead atoms. The van der Waals surface area contributed by atoms with Crippen LogP contribution in [0.25, 0.3) is 10.4 Å². The Labute approximate surface area is 222 Å². The molecule has 3 aliphatic rings.